The van der Waals surface area contributed by atoms with Gasteiger partial charge in [-0.25, -0.2) is 14.4 Å². The quantitative estimate of drug-likeness (QED) is 0.377. The van der Waals surface area contributed by atoms with Crippen LogP contribution in [0, 0.1) is 0 Å². The maximum atomic E-state index is 10.2. The molecular weight excluding hydrogens is 226 g/mol. The molecule has 0 unspecified atom stereocenters. The Morgan fingerprint density at radius 2 is 1.00 bits per heavy atom. The van der Waals surface area contributed by atoms with Crippen molar-refractivity contribution >= 4 is 43.9 Å². The molecule has 0 aliphatic heterocycles. The van der Waals surface area contributed by atoms with Gasteiger partial charge in [0.2, 0.25) is 0 Å². The van der Waals surface area contributed by atoms with Crippen LogP contribution >= 0.6 is 0 Å². The molecule has 14 heavy (non-hydrogen) atoms. The van der Waals surface area contributed by atoms with Gasteiger partial charge in [0.25, 0.3) is 0 Å². The Morgan fingerprint density at radius 1 is 0.857 bits per heavy atom. The molecule has 10 heteroatoms. The first-order valence-corrected chi connectivity index (χ1v) is 2.72. The van der Waals surface area contributed by atoms with Gasteiger partial charge >= 0.3 is 54.8 Å². The molecule has 0 saturated carbocycles. The van der Waals surface area contributed by atoms with Gasteiger partial charge in [0.1, 0.15) is 0 Å². The second kappa shape index (κ2) is 7.35. The average molecular weight is 229 g/mol. The van der Waals surface area contributed by atoms with Crippen LogP contribution in [0.3, 0.4) is 0 Å². The summed E-state index contributed by atoms with van der Waals surface area (Å²) in [6, 6.07) is 0. The van der Waals surface area contributed by atoms with Gasteiger partial charge in [-0.2, -0.15) is 0 Å². The normalized spacial score (nSPS) is 7.71. The summed E-state index contributed by atoms with van der Waals surface area (Å²) < 4.78 is 0. The van der Waals surface area contributed by atoms with Gasteiger partial charge in [0.05, 0.1) is 0 Å². The van der Waals surface area contributed by atoms with Gasteiger partial charge in [-0.15, -0.1) is 0 Å². The molecule has 0 aromatic carbocycles. The van der Waals surface area contributed by atoms with Crippen LogP contribution < -0.4 is 27.3 Å². The van der Waals surface area contributed by atoms with E-state index in [9.17, 15) is 14.4 Å². The molecule has 0 fully saturated rings. The second-order valence-corrected chi connectivity index (χ2v) is 1.61. The summed E-state index contributed by atoms with van der Waals surface area (Å²) in [4.78, 5) is 44.2. The van der Waals surface area contributed by atoms with Crippen molar-refractivity contribution in [1.82, 2.24) is 15.0 Å². The van der Waals surface area contributed by atoms with E-state index in [0.717, 1.165) is 0 Å². The topological polar surface area (TPSA) is 162 Å². The number of carbonyl (C=O) groups is 1. The number of carbonyl (C=O) groups excluding carboxylic acids is 1. The van der Waals surface area contributed by atoms with Crippen LogP contribution in [-0.4, -0.2) is 58.8 Å². The summed E-state index contributed by atoms with van der Waals surface area (Å²) >= 11 is 0. The smallest absolute Gasteiger partial charge is 0.652 e. The predicted octanol–water partition coefficient (Wildman–Crippen LogP) is -5.08. The number of H-pyrrole nitrogens is 3. The fraction of sp³-hybridized carbons (Fsp3) is 0. The van der Waals surface area contributed by atoms with Crippen LogP contribution in [0.5, 0.6) is 0 Å². The Morgan fingerprint density at radius 3 is 1.14 bits per heavy atom. The van der Waals surface area contributed by atoms with E-state index in [4.69, 9.17) is 15.0 Å². The summed E-state index contributed by atoms with van der Waals surface area (Å²) in [5, 5.41) is 16.7. The first-order valence-electron chi connectivity index (χ1n) is 2.72. The molecule has 1 heterocycles. The van der Waals surface area contributed by atoms with E-state index >= 15 is 0 Å². The average Bonchev–Trinajstić information content (AvgIpc) is 1.80. The largest absolute Gasteiger partial charge is 2.00 e. The Labute approximate surface area is 105 Å². The van der Waals surface area contributed by atoms with E-state index in [1.165, 1.54) is 0 Å². The maximum absolute atomic E-state index is 10.2. The fourth-order valence-corrected chi connectivity index (χ4v) is 0.403. The van der Waals surface area contributed by atoms with Crippen LogP contribution in [0.2, 0.25) is 0 Å². The fourth-order valence-electron chi connectivity index (χ4n) is 0.403. The van der Waals surface area contributed by atoms with Crippen LogP contribution in [-0.2, 0) is 0 Å². The molecule has 3 N–H and O–H groups in total. The minimum atomic E-state index is -2.33. The molecule has 72 valence electrons. The molecule has 0 aliphatic rings. The van der Waals surface area contributed by atoms with Crippen LogP contribution in [0.1, 0.15) is 0 Å². The molecule has 1 aromatic rings. The molecular formula is C4H3CaN3O6. The third kappa shape index (κ3) is 9.03. The summed E-state index contributed by atoms with van der Waals surface area (Å²) in [6.45, 7) is 0. The van der Waals surface area contributed by atoms with Crippen LogP contribution in [0.15, 0.2) is 14.4 Å². The van der Waals surface area contributed by atoms with Gasteiger partial charge in [0.15, 0.2) is 0 Å². The Bertz CT molecular complexity index is 361. The van der Waals surface area contributed by atoms with E-state index < -0.39 is 23.2 Å². The Hall–Kier alpha value is -1.06. The first kappa shape index (κ1) is 15.4. The monoisotopic (exact) mass is 229 g/mol. The van der Waals surface area contributed by atoms with Crippen LogP contribution in [0.25, 0.3) is 0 Å². The zero-order valence-electron chi connectivity index (χ0n) is 6.66. The minimum Gasteiger partial charge on any atom is -0.652 e. The third-order valence-corrected chi connectivity index (χ3v) is 0.681. The number of hydrogen-bond donors (Lipinski definition) is 3. The third-order valence-electron chi connectivity index (χ3n) is 0.681. The number of nitrogens with one attached hydrogen (secondary N) is 3. The SMILES string of the molecule is O=C([O-])[O-].O=c1[nH]c(=O)[nH]c(=O)[nH]1.[Ca+2]. The Kier molecular flexibility index (Phi) is 8.10. The molecule has 0 radical (unpaired) electrons. The summed E-state index contributed by atoms with van der Waals surface area (Å²) in [6.07, 6.45) is -2.33. The van der Waals surface area contributed by atoms with Crippen molar-refractivity contribution in [2.75, 3.05) is 0 Å². The van der Waals surface area contributed by atoms with Crippen molar-refractivity contribution in [1.29, 1.82) is 0 Å². The number of aromatic nitrogens is 3. The van der Waals surface area contributed by atoms with Crippen molar-refractivity contribution in [3.05, 3.63) is 31.5 Å². The molecule has 1 rings (SSSR count). The van der Waals surface area contributed by atoms with Crippen LogP contribution in [0.4, 0.5) is 4.79 Å². The van der Waals surface area contributed by atoms with Gasteiger partial charge in [0, 0.05) is 0 Å². The van der Waals surface area contributed by atoms with E-state index in [0.29, 0.717) is 0 Å². The van der Waals surface area contributed by atoms with Gasteiger partial charge in [-0.05, 0) is 6.16 Å². The second-order valence-electron chi connectivity index (χ2n) is 1.61. The Balaban J connectivity index is 0. The standard InChI is InChI=1S/C3H3N3O3.CH2O3.Ca/c7-1-4-2(8)6-3(9)5-1;2-1(3)4;/h(H3,4,5,6,7,8,9);(H2,2,3,4);/q;;+2/p-2. The first-order chi connectivity index (χ1) is 5.91. The predicted molar refractivity (Wildman–Crippen MR) is 39.5 cm³/mol. The van der Waals surface area contributed by atoms with E-state index in [2.05, 4.69) is 0 Å². The number of hydrogen-bond acceptors (Lipinski definition) is 6. The maximum Gasteiger partial charge on any atom is 2.00 e. The molecule has 0 aliphatic carbocycles. The molecule has 0 bridgehead atoms. The van der Waals surface area contributed by atoms with Gasteiger partial charge < -0.3 is 15.0 Å². The zero-order valence-corrected chi connectivity index (χ0v) is 8.86. The van der Waals surface area contributed by atoms with Crippen molar-refractivity contribution in [2.45, 2.75) is 0 Å². The van der Waals surface area contributed by atoms with Crippen molar-refractivity contribution < 1.29 is 15.0 Å². The summed E-state index contributed by atoms with van der Waals surface area (Å²) in [5.41, 5.74) is -2.41. The van der Waals surface area contributed by atoms with E-state index in [-0.39, 0.29) is 37.7 Å². The van der Waals surface area contributed by atoms with Crippen molar-refractivity contribution in [3.8, 4) is 0 Å². The van der Waals surface area contributed by atoms with Crippen molar-refractivity contribution in [2.24, 2.45) is 0 Å². The molecule has 0 amide bonds. The zero-order chi connectivity index (χ0) is 10.4. The molecule has 0 atom stereocenters. The molecule has 1 aromatic heterocycles. The summed E-state index contributed by atoms with van der Waals surface area (Å²) in [5.74, 6) is 0. The molecule has 0 saturated heterocycles. The van der Waals surface area contributed by atoms with Gasteiger partial charge in [-0.3, -0.25) is 15.0 Å². The molecule has 9 nitrogen and oxygen atoms in total. The number of rotatable bonds is 0. The van der Waals surface area contributed by atoms with E-state index in [1.807, 2.05) is 0 Å². The van der Waals surface area contributed by atoms with Gasteiger partial charge in [-0.1, -0.05) is 0 Å². The van der Waals surface area contributed by atoms with E-state index in [1.54, 1.807) is 15.0 Å². The minimum absolute atomic E-state index is 0. The van der Waals surface area contributed by atoms with Crippen molar-refractivity contribution in [3.63, 3.8) is 0 Å². The summed E-state index contributed by atoms with van der Waals surface area (Å²) in [7, 11) is 0. The number of aromatic amines is 3. The molecule has 0 spiro atoms. The number of carboxylic acid groups (broad SMARTS) is 2.